The van der Waals surface area contributed by atoms with Crippen LogP contribution in [0.1, 0.15) is 49.0 Å². The summed E-state index contributed by atoms with van der Waals surface area (Å²) in [6, 6.07) is 13.2. The molecule has 1 aliphatic heterocycles. The monoisotopic (exact) mass is 495 g/mol. The molecule has 8 heteroatoms. The molecule has 2 aromatic rings. The number of rotatable bonds is 11. The summed E-state index contributed by atoms with van der Waals surface area (Å²) in [6.45, 7) is 4.61. The van der Waals surface area contributed by atoms with E-state index in [1.807, 2.05) is 49.1 Å². The third-order valence-corrected chi connectivity index (χ3v) is 6.96. The highest BCUT2D eigenvalue weighted by Gasteiger charge is 2.39. The fourth-order valence-electron chi connectivity index (χ4n) is 4.57. The molecular formula is C28H37N3O5. The first-order valence-corrected chi connectivity index (χ1v) is 12.4. The number of carbonyl (C=O) groups is 3. The Hall–Kier alpha value is -3.23. The SMILES string of the molecule is CC[C@H](C)[C@H](N)C(=O)N(Cc1ccccc1)C(=O)[C@@H]1CCCN1CC(=O)c1c(OC)cccc1OC. The number of benzene rings is 2. The van der Waals surface area contributed by atoms with Crippen LogP contribution in [0.2, 0.25) is 0 Å². The van der Waals surface area contributed by atoms with Crippen LogP contribution < -0.4 is 15.2 Å². The lowest BCUT2D eigenvalue weighted by molar-refractivity contribution is -0.149. The van der Waals surface area contributed by atoms with E-state index in [2.05, 4.69) is 0 Å². The minimum absolute atomic E-state index is 0.0118. The number of nitrogens with two attached hydrogens (primary N) is 1. The fraction of sp³-hybridized carbons (Fsp3) is 0.464. The molecule has 1 aliphatic rings. The smallest absolute Gasteiger partial charge is 0.246 e. The first-order valence-electron chi connectivity index (χ1n) is 12.4. The van der Waals surface area contributed by atoms with Gasteiger partial charge in [0.15, 0.2) is 5.78 Å². The van der Waals surface area contributed by atoms with Crippen LogP contribution in [0.4, 0.5) is 0 Å². The summed E-state index contributed by atoms with van der Waals surface area (Å²) < 4.78 is 10.8. The molecule has 0 aromatic heterocycles. The van der Waals surface area contributed by atoms with Crippen molar-refractivity contribution in [1.29, 1.82) is 0 Å². The number of nitrogens with zero attached hydrogens (tertiary/aromatic N) is 2. The predicted octanol–water partition coefficient (Wildman–Crippen LogP) is 3.28. The maximum atomic E-state index is 13.8. The Morgan fingerprint density at radius 2 is 1.69 bits per heavy atom. The van der Waals surface area contributed by atoms with Crippen LogP contribution in [0.3, 0.4) is 0 Å². The Balaban J connectivity index is 1.85. The van der Waals surface area contributed by atoms with Crippen LogP contribution in [0.25, 0.3) is 0 Å². The second kappa shape index (κ2) is 12.6. The average molecular weight is 496 g/mol. The summed E-state index contributed by atoms with van der Waals surface area (Å²) in [5.41, 5.74) is 7.47. The van der Waals surface area contributed by atoms with E-state index in [4.69, 9.17) is 15.2 Å². The summed E-state index contributed by atoms with van der Waals surface area (Å²) in [4.78, 5) is 43.7. The van der Waals surface area contributed by atoms with Crippen molar-refractivity contribution in [2.75, 3.05) is 27.3 Å². The summed E-state index contributed by atoms with van der Waals surface area (Å²) >= 11 is 0. The zero-order valence-corrected chi connectivity index (χ0v) is 21.6. The number of imide groups is 1. The van der Waals surface area contributed by atoms with Gasteiger partial charge in [0.05, 0.1) is 39.4 Å². The van der Waals surface area contributed by atoms with Gasteiger partial charge in [0.25, 0.3) is 0 Å². The van der Waals surface area contributed by atoms with Gasteiger partial charge in [0.1, 0.15) is 17.1 Å². The van der Waals surface area contributed by atoms with Crippen molar-refractivity contribution in [1.82, 2.24) is 9.80 Å². The number of carbonyl (C=O) groups excluding carboxylic acids is 3. The molecule has 0 spiro atoms. The van der Waals surface area contributed by atoms with E-state index in [9.17, 15) is 14.4 Å². The van der Waals surface area contributed by atoms with Crippen LogP contribution in [-0.2, 0) is 16.1 Å². The molecule has 2 amide bonds. The first-order chi connectivity index (χ1) is 17.3. The Bertz CT molecular complexity index is 1040. The normalized spacial score (nSPS) is 17.3. The van der Waals surface area contributed by atoms with Gasteiger partial charge in [-0.15, -0.1) is 0 Å². The second-order valence-corrected chi connectivity index (χ2v) is 9.25. The lowest BCUT2D eigenvalue weighted by atomic mass is 9.98. The molecule has 0 unspecified atom stereocenters. The summed E-state index contributed by atoms with van der Waals surface area (Å²) in [5.74, 6) is -0.143. The van der Waals surface area contributed by atoms with Gasteiger partial charge in [0.2, 0.25) is 11.8 Å². The van der Waals surface area contributed by atoms with E-state index >= 15 is 0 Å². The van der Waals surface area contributed by atoms with Crippen molar-refractivity contribution in [2.24, 2.45) is 11.7 Å². The molecule has 2 aromatic carbocycles. The highest BCUT2D eigenvalue weighted by atomic mass is 16.5. The third kappa shape index (κ3) is 6.12. The zero-order chi connectivity index (χ0) is 26.2. The van der Waals surface area contributed by atoms with Crippen molar-refractivity contribution >= 4 is 17.6 Å². The Labute approximate surface area is 213 Å². The number of ether oxygens (including phenoxy) is 2. The summed E-state index contributed by atoms with van der Waals surface area (Å²) in [6.07, 6.45) is 2.04. The maximum Gasteiger partial charge on any atom is 0.246 e. The lowest BCUT2D eigenvalue weighted by Gasteiger charge is -2.31. The van der Waals surface area contributed by atoms with Crippen LogP contribution in [0.15, 0.2) is 48.5 Å². The largest absolute Gasteiger partial charge is 0.496 e. The number of hydrogen-bond acceptors (Lipinski definition) is 7. The van der Waals surface area contributed by atoms with Crippen molar-refractivity contribution in [3.63, 3.8) is 0 Å². The van der Waals surface area contributed by atoms with Crippen molar-refractivity contribution in [3.8, 4) is 11.5 Å². The molecule has 8 nitrogen and oxygen atoms in total. The van der Waals surface area contributed by atoms with Gasteiger partial charge in [-0.1, -0.05) is 56.7 Å². The third-order valence-electron chi connectivity index (χ3n) is 6.96. The van der Waals surface area contributed by atoms with Gasteiger partial charge in [-0.05, 0) is 43.0 Å². The molecule has 3 atom stereocenters. The van der Waals surface area contributed by atoms with E-state index in [0.717, 1.165) is 18.4 Å². The molecule has 0 bridgehead atoms. The van der Waals surface area contributed by atoms with Crippen molar-refractivity contribution in [2.45, 2.75) is 51.7 Å². The van der Waals surface area contributed by atoms with Gasteiger partial charge >= 0.3 is 0 Å². The zero-order valence-electron chi connectivity index (χ0n) is 21.6. The molecule has 2 N–H and O–H groups in total. The van der Waals surface area contributed by atoms with Gasteiger partial charge in [-0.25, -0.2) is 0 Å². The predicted molar refractivity (Wildman–Crippen MR) is 138 cm³/mol. The van der Waals surface area contributed by atoms with Gasteiger partial charge < -0.3 is 15.2 Å². The van der Waals surface area contributed by atoms with Crippen LogP contribution in [0.5, 0.6) is 11.5 Å². The Morgan fingerprint density at radius 1 is 1.06 bits per heavy atom. The molecule has 0 radical (unpaired) electrons. The van der Waals surface area contributed by atoms with E-state index in [-0.39, 0.29) is 36.6 Å². The van der Waals surface area contributed by atoms with E-state index in [0.29, 0.717) is 30.0 Å². The van der Waals surface area contributed by atoms with Crippen molar-refractivity contribution < 1.29 is 23.9 Å². The first kappa shape index (κ1) is 27.4. The van der Waals surface area contributed by atoms with Crippen LogP contribution >= 0.6 is 0 Å². The molecular weight excluding hydrogens is 458 g/mol. The quantitative estimate of drug-likeness (QED) is 0.477. The standard InChI is InChI=1S/C28H37N3O5/c1-5-19(2)26(29)28(34)31(17-20-11-7-6-8-12-20)27(33)21-13-10-16-30(21)18-22(32)25-23(35-3)14-9-15-24(25)36-4/h6-9,11-12,14-15,19,21,26H,5,10,13,16-18,29H2,1-4H3/t19-,21-,26-/m0/s1. The highest BCUT2D eigenvalue weighted by Crippen LogP contribution is 2.30. The molecule has 0 aliphatic carbocycles. The number of ketones is 1. The minimum atomic E-state index is -0.781. The number of methoxy groups -OCH3 is 2. The molecule has 0 saturated carbocycles. The number of amides is 2. The number of Topliss-reactive ketones (excluding diaryl/α,β-unsaturated/α-hetero) is 1. The number of hydrogen-bond donors (Lipinski definition) is 1. The minimum Gasteiger partial charge on any atom is -0.496 e. The molecule has 36 heavy (non-hydrogen) atoms. The van der Waals surface area contributed by atoms with Crippen LogP contribution in [-0.4, -0.2) is 66.8 Å². The van der Waals surface area contributed by atoms with E-state index in [1.165, 1.54) is 19.1 Å². The van der Waals surface area contributed by atoms with E-state index < -0.39 is 12.1 Å². The fourth-order valence-corrected chi connectivity index (χ4v) is 4.57. The summed E-state index contributed by atoms with van der Waals surface area (Å²) in [7, 11) is 3.00. The van der Waals surface area contributed by atoms with Gasteiger partial charge in [-0.2, -0.15) is 0 Å². The molecule has 3 rings (SSSR count). The summed E-state index contributed by atoms with van der Waals surface area (Å²) in [5, 5.41) is 0. The Morgan fingerprint density at radius 3 is 2.28 bits per heavy atom. The van der Waals surface area contributed by atoms with E-state index in [1.54, 1.807) is 18.2 Å². The maximum absolute atomic E-state index is 13.8. The van der Waals surface area contributed by atoms with Crippen molar-refractivity contribution in [3.05, 3.63) is 59.7 Å². The average Bonchev–Trinajstić information content (AvgIpc) is 3.37. The van der Waals surface area contributed by atoms with Gasteiger partial charge in [-0.3, -0.25) is 24.2 Å². The molecule has 1 saturated heterocycles. The molecule has 1 fully saturated rings. The Kier molecular flexibility index (Phi) is 9.61. The molecule has 194 valence electrons. The van der Waals surface area contributed by atoms with Gasteiger partial charge in [0, 0.05) is 0 Å². The molecule has 1 heterocycles. The number of likely N-dealkylation sites (tertiary alicyclic amines) is 1. The second-order valence-electron chi connectivity index (χ2n) is 9.25. The van der Waals surface area contributed by atoms with Crippen LogP contribution in [0, 0.1) is 5.92 Å². The topological polar surface area (TPSA) is 102 Å². The lowest BCUT2D eigenvalue weighted by Crippen LogP contribution is -2.54. The highest BCUT2D eigenvalue weighted by molar-refractivity contribution is 6.04.